The SMILES string of the molecule is CCCCC(=O)C1(OC)CCCC(C)C1. The second kappa shape index (κ2) is 5.64. The van der Waals surface area contributed by atoms with Crippen LogP contribution in [-0.2, 0) is 9.53 Å². The van der Waals surface area contributed by atoms with Gasteiger partial charge in [-0.2, -0.15) is 0 Å². The van der Waals surface area contributed by atoms with Crippen LogP contribution >= 0.6 is 0 Å². The lowest BCUT2D eigenvalue weighted by molar-refractivity contribution is -0.147. The summed E-state index contributed by atoms with van der Waals surface area (Å²) in [6.07, 6.45) is 7.00. The predicted octanol–water partition coefficient (Wildman–Crippen LogP) is 3.34. The fourth-order valence-electron chi connectivity index (χ4n) is 2.62. The van der Waals surface area contributed by atoms with Crippen LogP contribution in [0.1, 0.15) is 58.8 Å². The van der Waals surface area contributed by atoms with Crippen molar-refractivity contribution in [2.45, 2.75) is 64.4 Å². The average molecular weight is 212 g/mol. The van der Waals surface area contributed by atoms with E-state index in [9.17, 15) is 4.79 Å². The molecule has 15 heavy (non-hydrogen) atoms. The van der Waals surface area contributed by atoms with Crippen LogP contribution in [0.2, 0.25) is 0 Å². The van der Waals surface area contributed by atoms with E-state index in [-0.39, 0.29) is 0 Å². The third-order valence-corrected chi connectivity index (χ3v) is 3.61. The van der Waals surface area contributed by atoms with Crippen molar-refractivity contribution in [3.63, 3.8) is 0 Å². The summed E-state index contributed by atoms with van der Waals surface area (Å²) in [6, 6.07) is 0. The molecule has 2 unspecified atom stereocenters. The summed E-state index contributed by atoms with van der Waals surface area (Å²) < 4.78 is 5.56. The molecular formula is C13H24O2. The highest BCUT2D eigenvalue weighted by Crippen LogP contribution is 2.36. The monoisotopic (exact) mass is 212 g/mol. The highest BCUT2D eigenvalue weighted by atomic mass is 16.5. The summed E-state index contributed by atoms with van der Waals surface area (Å²) >= 11 is 0. The van der Waals surface area contributed by atoms with Crippen LogP contribution < -0.4 is 0 Å². The number of hydrogen-bond acceptors (Lipinski definition) is 2. The molecule has 0 bridgehead atoms. The van der Waals surface area contributed by atoms with Crippen molar-refractivity contribution in [3.05, 3.63) is 0 Å². The first-order valence-electron chi connectivity index (χ1n) is 6.23. The number of unbranched alkanes of at least 4 members (excludes halogenated alkanes) is 1. The summed E-state index contributed by atoms with van der Waals surface area (Å²) in [6.45, 7) is 4.34. The Morgan fingerprint density at radius 1 is 1.53 bits per heavy atom. The van der Waals surface area contributed by atoms with Crippen molar-refractivity contribution < 1.29 is 9.53 Å². The van der Waals surface area contributed by atoms with Crippen LogP contribution in [0.5, 0.6) is 0 Å². The minimum Gasteiger partial charge on any atom is -0.370 e. The summed E-state index contributed by atoms with van der Waals surface area (Å²) in [5, 5.41) is 0. The molecule has 1 aliphatic rings. The van der Waals surface area contributed by atoms with Crippen LogP contribution in [0.25, 0.3) is 0 Å². The second-order valence-electron chi connectivity index (χ2n) is 4.93. The second-order valence-corrected chi connectivity index (χ2v) is 4.93. The number of carbonyl (C=O) groups excluding carboxylic acids is 1. The maximum absolute atomic E-state index is 12.1. The zero-order valence-electron chi connectivity index (χ0n) is 10.3. The Bertz CT molecular complexity index is 213. The molecule has 0 saturated heterocycles. The van der Waals surface area contributed by atoms with E-state index in [1.54, 1.807) is 7.11 Å². The number of hydrogen-bond donors (Lipinski definition) is 0. The summed E-state index contributed by atoms with van der Waals surface area (Å²) in [5.74, 6) is 0.961. The summed E-state index contributed by atoms with van der Waals surface area (Å²) in [5.41, 5.74) is -0.438. The largest absolute Gasteiger partial charge is 0.370 e. The molecule has 88 valence electrons. The number of ketones is 1. The average Bonchev–Trinajstić information content (AvgIpc) is 2.25. The first-order valence-corrected chi connectivity index (χ1v) is 6.23. The molecule has 1 rings (SSSR count). The Labute approximate surface area is 93.4 Å². The summed E-state index contributed by atoms with van der Waals surface area (Å²) in [4.78, 5) is 12.1. The van der Waals surface area contributed by atoms with E-state index in [0.717, 1.165) is 32.1 Å². The lowest BCUT2D eigenvalue weighted by Crippen LogP contribution is -2.44. The Balaban J connectivity index is 2.61. The molecule has 0 aromatic rings. The number of Topliss-reactive ketones (excluding diaryl/α,β-unsaturated/α-hetero) is 1. The molecule has 0 amide bonds. The molecule has 1 fully saturated rings. The van der Waals surface area contributed by atoms with Crippen LogP contribution in [-0.4, -0.2) is 18.5 Å². The normalized spacial score (nSPS) is 31.5. The number of carbonyl (C=O) groups is 1. The zero-order chi connectivity index (χ0) is 11.3. The molecule has 0 radical (unpaired) electrons. The van der Waals surface area contributed by atoms with Gasteiger partial charge in [0.1, 0.15) is 5.60 Å². The van der Waals surface area contributed by atoms with E-state index < -0.39 is 5.60 Å². The first-order chi connectivity index (χ1) is 7.14. The smallest absolute Gasteiger partial charge is 0.164 e. The fraction of sp³-hybridized carbons (Fsp3) is 0.923. The van der Waals surface area contributed by atoms with Gasteiger partial charge in [-0.05, 0) is 31.6 Å². The van der Waals surface area contributed by atoms with Gasteiger partial charge in [-0.3, -0.25) is 4.79 Å². The van der Waals surface area contributed by atoms with Crippen molar-refractivity contribution in [2.24, 2.45) is 5.92 Å². The number of ether oxygens (including phenoxy) is 1. The van der Waals surface area contributed by atoms with Gasteiger partial charge < -0.3 is 4.74 Å². The Kier molecular flexibility index (Phi) is 4.78. The molecule has 2 heteroatoms. The van der Waals surface area contributed by atoms with Crippen molar-refractivity contribution in [2.75, 3.05) is 7.11 Å². The van der Waals surface area contributed by atoms with Gasteiger partial charge in [-0.15, -0.1) is 0 Å². The maximum Gasteiger partial charge on any atom is 0.164 e. The van der Waals surface area contributed by atoms with E-state index in [4.69, 9.17) is 4.74 Å². The van der Waals surface area contributed by atoms with Gasteiger partial charge in [-0.25, -0.2) is 0 Å². The lowest BCUT2D eigenvalue weighted by Gasteiger charge is -2.37. The molecular weight excluding hydrogens is 188 g/mol. The number of rotatable bonds is 5. The van der Waals surface area contributed by atoms with Crippen LogP contribution in [0, 0.1) is 5.92 Å². The van der Waals surface area contributed by atoms with E-state index in [1.165, 1.54) is 6.42 Å². The minimum atomic E-state index is -0.438. The minimum absolute atomic E-state index is 0.332. The van der Waals surface area contributed by atoms with E-state index >= 15 is 0 Å². The van der Waals surface area contributed by atoms with Gasteiger partial charge in [0.15, 0.2) is 5.78 Å². The third-order valence-electron chi connectivity index (χ3n) is 3.61. The zero-order valence-corrected chi connectivity index (χ0v) is 10.3. The lowest BCUT2D eigenvalue weighted by atomic mass is 9.75. The molecule has 0 aromatic heterocycles. The molecule has 1 saturated carbocycles. The first kappa shape index (κ1) is 12.7. The molecule has 0 heterocycles. The molecule has 2 nitrogen and oxygen atoms in total. The Morgan fingerprint density at radius 3 is 2.80 bits per heavy atom. The molecule has 1 aliphatic carbocycles. The van der Waals surface area contributed by atoms with Crippen LogP contribution in [0.4, 0.5) is 0 Å². The quantitative estimate of drug-likeness (QED) is 0.698. The van der Waals surface area contributed by atoms with Crippen LogP contribution in [0.3, 0.4) is 0 Å². The van der Waals surface area contributed by atoms with Gasteiger partial charge in [0.25, 0.3) is 0 Å². The third kappa shape index (κ3) is 3.04. The predicted molar refractivity (Wildman–Crippen MR) is 61.9 cm³/mol. The molecule has 0 aliphatic heterocycles. The Morgan fingerprint density at radius 2 is 2.27 bits per heavy atom. The fourth-order valence-corrected chi connectivity index (χ4v) is 2.62. The topological polar surface area (TPSA) is 26.3 Å². The van der Waals surface area contributed by atoms with Gasteiger partial charge in [-0.1, -0.05) is 26.7 Å². The van der Waals surface area contributed by atoms with Gasteiger partial charge in [0, 0.05) is 13.5 Å². The van der Waals surface area contributed by atoms with E-state index in [1.807, 2.05) is 0 Å². The summed E-state index contributed by atoms with van der Waals surface area (Å²) in [7, 11) is 1.70. The number of methoxy groups -OCH3 is 1. The molecule has 2 atom stereocenters. The standard InChI is InChI=1S/C13H24O2/c1-4-5-8-12(14)13(15-3)9-6-7-11(2)10-13/h11H,4-10H2,1-3H3. The van der Waals surface area contributed by atoms with Crippen LogP contribution in [0.15, 0.2) is 0 Å². The van der Waals surface area contributed by atoms with Gasteiger partial charge in [0.2, 0.25) is 0 Å². The van der Waals surface area contributed by atoms with Gasteiger partial charge >= 0.3 is 0 Å². The molecule has 0 N–H and O–H groups in total. The highest BCUT2D eigenvalue weighted by Gasteiger charge is 2.40. The molecule has 0 aromatic carbocycles. The van der Waals surface area contributed by atoms with Crippen molar-refractivity contribution in [1.82, 2.24) is 0 Å². The van der Waals surface area contributed by atoms with Gasteiger partial charge in [0.05, 0.1) is 0 Å². The van der Waals surface area contributed by atoms with Crippen molar-refractivity contribution in [1.29, 1.82) is 0 Å². The highest BCUT2D eigenvalue weighted by molar-refractivity contribution is 5.87. The van der Waals surface area contributed by atoms with Crippen molar-refractivity contribution >= 4 is 5.78 Å². The van der Waals surface area contributed by atoms with E-state index in [0.29, 0.717) is 18.1 Å². The van der Waals surface area contributed by atoms with Crippen molar-refractivity contribution in [3.8, 4) is 0 Å². The molecule has 0 spiro atoms. The van der Waals surface area contributed by atoms with E-state index in [2.05, 4.69) is 13.8 Å². The Hall–Kier alpha value is -0.370. The maximum atomic E-state index is 12.1.